The fraction of sp³-hybridized carbons (Fsp3) is 0.286. The highest BCUT2D eigenvalue weighted by Crippen LogP contribution is 2.31. The molecular formula is C21H20N4OS. The van der Waals surface area contributed by atoms with Gasteiger partial charge in [-0.25, -0.2) is 9.97 Å². The molecule has 4 aromatic rings. The summed E-state index contributed by atoms with van der Waals surface area (Å²) in [5.41, 5.74) is 3.76. The molecule has 5 nitrogen and oxygen atoms in total. The van der Waals surface area contributed by atoms with Gasteiger partial charge in [-0.1, -0.05) is 36.0 Å². The molecule has 1 fully saturated rings. The maximum atomic E-state index is 12.8. The molecule has 1 aliphatic rings. The normalized spacial score (nSPS) is 15.8. The van der Waals surface area contributed by atoms with Gasteiger partial charge in [0.25, 0.3) is 0 Å². The molecule has 1 aliphatic heterocycles. The molecule has 0 bridgehead atoms. The molecule has 0 radical (unpaired) electrons. The third-order valence-electron chi connectivity index (χ3n) is 5.16. The zero-order chi connectivity index (χ0) is 18.4. The molecule has 1 saturated heterocycles. The standard InChI is InChI=1S/C21H20N4OS/c1-14(20(26)24-12-6-7-13-24)27-21-23-16-9-3-2-8-15(16)19-22-17-10-4-5-11-18(17)25(19)21/h2-5,8-11,14H,6-7,12-13H2,1H3/t14-/m0/s1. The third-order valence-corrected chi connectivity index (χ3v) is 6.20. The van der Waals surface area contributed by atoms with Crippen LogP contribution in [-0.4, -0.2) is 43.5 Å². The molecule has 6 heteroatoms. The highest BCUT2D eigenvalue weighted by Gasteiger charge is 2.26. The Labute approximate surface area is 161 Å². The Hall–Kier alpha value is -2.60. The predicted molar refractivity (Wildman–Crippen MR) is 109 cm³/mol. The lowest BCUT2D eigenvalue weighted by Gasteiger charge is -2.20. The van der Waals surface area contributed by atoms with Crippen molar-refractivity contribution < 1.29 is 4.79 Å². The van der Waals surface area contributed by atoms with E-state index in [-0.39, 0.29) is 11.2 Å². The molecule has 2 aromatic heterocycles. The summed E-state index contributed by atoms with van der Waals surface area (Å²) in [6, 6.07) is 16.1. The van der Waals surface area contributed by atoms with Crippen molar-refractivity contribution in [3.05, 3.63) is 48.5 Å². The van der Waals surface area contributed by atoms with Crippen LogP contribution < -0.4 is 0 Å². The number of benzene rings is 2. The summed E-state index contributed by atoms with van der Waals surface area (Å²) in [6.45, 7) is 3.73. The van der Waals surface area contributed by atoms with E-state index >= 15 is 0 Å². The Kier molecular flexibility index (Phi) is 4.01. The van der Waals surface area contributed by atoms with Gasteiger partial charge in [-0.3, -0.25) is 9.20 Å². The lowest BCUT2D eigenvalue weighted by molar-refractivity contribution is -0.129. The quantitative estimate of drug-likeness (QED) is 0.398. The SMILES string of the molecule is C[C@H](Sc1nc2ccccc2c2nc3ccccc3n12)C(=O)N1CCCC1. The van der Waals surface area contributed by atoms with E-state index in [1.807, 2.05) is 48.2 Å². The molecule has 3 heterocycles. The van der Waals surface area contributed by atoms with Crippen LogP contribution in [0.15, 0.2) is 53.7 Å². The summed E-state index contributed by atoms with van der Waals surface area (Å²) in [6.07, 6.45) is 2.21. The minimum Gasteiger partial charge on any atom is -0.342 e. The highest BCUT2D eigenvalue weighted by atomic mass is 32.2. The molecular weight excluding hydrogens is 356 g/mol. The van der Waals surface area contributed by atoms with Gasteiger partial charge in [0, 0.05) is 18.5 Å². The Morgan fingerprint density at radius 2 is 1.70 bits per heavy atom. The van der Waals surface area contributed by atoms with Crippen LogP contribution in [0, 0.1) is 0 Å². The van der Waals surface area contributed by atoms with Crippen molar-refractivity contribution in [1.82, 2.24) is 19.3 Å². The Morgan fingerprint density at radius 3 is 2.52 bits per heavy atom. The van der Waals surface area contributed by atoms with Gasteiger partial charge in [-0.15, -0.1) is 0 Å². The van der Waals surface area contributed by atoms with E-state index < -0.39 is 0 Å². The average molecular weight is 376 g/mol. The number of para-hydroxylation sites is 3. The van der Waals surface area contributed by atoms with Crippen LogP contribution in [-0.2, 0) is 4.79 Å². The van der Waals surface area contributed by atoms with Crippen LogP contribution in [0.3, 0.4) is 0 Å². The first-order chi connectivity index (χ1) is 13.2. The van der Waals surface area contributed by atoms with Crippen LogP contribution in [0.4, 0.5) is 0 Å². The maximum absolute atomic E-state index is 12.8. The number of amides is 1. The molecule has 2 aromatic carbocycles. The van der Waals surface area contributed by atoms with Gasteiger partial charge in [0.2, 0.25) is 5.91 Å². The second kappa shape index (κ2) is 6.53. The molecule has 0 aliphatic carbocycles. The lowest BCUT2D eigenvalue weighted by atomic mass is 10.2. The van der Waals surface area contributed by atoms with Gasteiger partial charge in [0.15, 0.2) is 5.16 Å². The van der Waals surface area contributed by atoms with Crippen molar-refractivity contribution in [3.63, 3.8) is 0 Å². The molecule has 27 heavy (non-hydrogen) atoms. The molecule has 0 spiro atoms. The van der Waals surface area contributed by atoms with Crippen molar-refractivity contribution in [2.24, 2.45) is 0 Å². The number of likely N-dealkylation sites (tertiary alicyclic amines) is 1. The first-order valence-electron chi connectivity index (χ1n) is 9.34. The Balaban J connectivity index is 1.66. The zero-order valence-electron chi connectivity index (χ0n) is 15.1. The van der Waals surface area contributed by atoms with Crippen molar-refractivity contribution in [3.8, 4) is 0 Å². The van der Waals surface area contributed by atoms with Gasteiger partial charge in [-0.05, 0) is 44.0 Å². The van der Waals surface area contributed by atoms with Crippen molar-refractivity contribution >= 4 is 45.3 Å². The third kappa shape index (κ3) is 2.75. The van der Waals surface area contributed by atoms with Gasteiger partial charge in [0.05, 0.1) is 21.8 Å². The van der Waals surface area contributed by atoms with Gasteiger partial charge < -0.3 is 4.90 Å². The number of aromatic nitrogens is 3. The molecule has 0 N–H and O–H groups in total. The molecule has 5 rings (SSSR count). The van der Waals surface area contributed by atoms with E-state index in [4.69, 9.17) is 9.97 Å². The summed E-state index contributed by atoms with van der Waals surface area (Å²) in [7, 11) is 0. The monoisotopic (exact) mass is 376 g/mol. The molecule has 136 valence electrons. The smallest absolute Gasteiger partial charge is 0.235 e. The largest absolute Gasteiger partial charge is 0.342 e. The van der Waals surface area contributed by atoms with E-state index in [1.54, 1.807) is 0 Å². The molecule has 1 amide bonds. The molecule has 0 unspecified atom stereocenters. The summed E-state index contributed by atoms with van der Waals surface area (Å²) < 4.78 is 2.09. The minimum absolute atomic E-state index is 0.180. The summed E-state index contributed by atoms with van der Waals surface area (Å²) in [4.78, 5) is 24.5. The van der Waals surface area contributed by atoms with E-state index in [9.17, 15) is 4.79 Å². The summed E-state index contributed by atoms with van der Waals surface area (Å²) in [5, 5.41) is 1.66. The molecule has 0 saturated carbocycles. The first-order valence-corrected chi connectivity index (χ1v) is 10.2. The number of nitrogens with zero attached hydrogens (tertiary/aromatic N) is 4. The predicted octanol–water partition coefficient (Wildman–Crippen LogP) is 4.14. The number of rotatable bonds is 3. The number of carbonyl (C=O) groups is 1. The fourth-order valence-electron chi connectivity index (χ4n) is 3.80. The second-order valence-corrected chi connectivity index (χ2v) is 8.27. The number of hydrogen-bond acceptors (Lipinski definition) is 4. The lowest BCUT2D eigenvalue weighted by Crippen LogP contribution is -2.34. The number of imidazole rings is 1. The van der Waals surface area contributed by atoms with Crippen LogP contribution >= 0.6 is 11.8 Å². The topological polar surface area (TPSA) is 50.5 Å². The van der Waals surface area contributed by atoms with E-state index in [0.717, 1.165) is 58.7 Å². The number of carbonyl (C=O) groups excluding carboxylic acids is 1. The summed E-state index contributed by atoms with van der Waals surface area (Å²) in [5.74, 6) is 0.199. The van der Waals surface area contributed by atoms with Crippen LogP contribution in [0.5, 0.6) is 0 Å². The number of thioether (sulfide) groups is 1. The minimum atomic E-state index is -0.180. The van der Waals surface area contributed by atoms with Crippen molar-refractivity contribution in [2.45, 2.75) is 30.2 Å². The van der Waals surface area contributed by atoms with Gasteiger partial charge >= 0.3 is 0 Å². The Morgan fingerprint density at radius 1 is 1.00 bits per heavy atom. The summed E-state index contributed by atoms with van der Waals surface area (Å²) >= 11 is 1.52. The van der Waals surface area contributed by atoms with E-state index in [1.165, 1.54) is 11.8 Å². The van der Waals surface area contributed by atoms with Gasteiger partial charge in [-0.2, -0.15) is 0 Å². The maximum Gasteiger partial charge on any atom is 0.235 e. The van der Waals surface area contributed by atoms with E-state index in [2.05, 4.69) is 16.5 Å². The van der Waals surface area contributed by atoms with Crippen molar-refractivity contribution in [1.29, 1.82) is 0 Å². The number of hydrogen-bond donors (Lipinski definition) is 0. The van der Waals surface area contributed by atoms with Crippen LogP contribution in [0.1, 0.15) is 19.8 Å². The van der Waals surface area contributed by atoms with Crippen LogP contribution in [0.25, 0.3) is 27.6 Å². The van der Waals surface area contributed by atoms with Crippen molar-refractivity contribution in [2.75, 3.05) is 13.1 Å². The van der Waals surface area contributed by atoms with Crippen LogP contribution in [0.2, 0.25) is 0 Å². The first kappa shape index (κ1) is 16.6. The second-order valence-electron chi connectivity index (χ2n) is 6.96. The van der Waals surface area contributed by atoms with E-state index in [0.29, 0.717) is 0 Å². The number of fused-ring (bicyclic) bond motifs is 5. The van der Waals surface area contributed by atoms with Gasteiger partial charge in [0.1, 0.15) is 5.65 Å². The average Bonchev–Trinajstić information content (AvgIpc) is 3.35. The highest BCUT2D eigenvalue weighted by molar-refractivity contribution is 8.00. The molecule has 1 atom stereocenters. The fourth-order valence-corrected chi connectivity index (χ4v) is 4.80. The Bertz CT molecular complexity index is 1160. The zero-order valence-corrected chi connectivity index (χ0v) is 15.9.